The lowest BCUT2D eigenvalue weighted by Crippen LogP contribution is -2.07. The molecule has 0 saturated carbocycles. The molecule has 0 unspecified atom stereocenters. The molecule has 0 atom stereocenters. The molecule has 0 N–H and O–H groups in total. The average Bonchev–Trinajstić information content (AvgIpc) is 1.63. The molecule has 1 aromatic rings. The monoisotopic (exact) mass is 1700 g/mol. The highest BCUT2D eigenvalue weighted by atomic mass is 16.6. The Kier molecular flexibility index (Phi) is 41.9. The fourth-order valence-corrected chi connectivity index (χ4v) is 14.8. The van der Waals surface area contributed by atoms with Crippen LogP contribution in [0.25, 0.3) is 44.5 Å². The number of rotatable bonds is 48. The van der Waals surface area contributed by atoms with E-state index in [0.717, 1.165) is 154 Å². The van der Waals surface area contributed by atoms with E-state index >= 15 is 0 Å². The molecule has 8 aliphatic rings. The summed E-state index contributed by atoms with van der Waals surface area (Å²) in [5.74, 6) is 22.8. The molecule has 16 heteroatoms. The van der Waals surface area contributed by atoms with Crippen molar-refractivity contribution < 1.29 is 76.3 Å². The number of ether oxygens (including phenoxy) is 8. The van der Waals surface area contributed by atoms with E-state index in [-0.39, 0.29) is 97.4 Å². The van der Waals surface area contributed by atoms with Gasteiger partial charge >= 0.3 is 47.8 Å². The molecule has 16 nitrogen and oxygen atoms in total. The minimum absolute atomic E-state index is 0.218. The standard InChI is InChI=1S/C110H126O16/c1-9-17-25-33-65-119-103(111)95-75-96(104(112)120-66-34-26-18-10-2)88-58-46-79(45-57-87(88)95)41-53-83-73-85(55-43-81-49-61-91-92(62-50-81)100(108(116)124-70-38-30-22-14-6)77-99(91)107(115)123-69-37-29-21-13-5)86(56-44-82-51-63-93-94(64-52-82)102(110(118)126-72-40-32-24-16-8)78-101(93)109(117)125-71-39-31-23-15-7)74-84(83)54-42-80-47-59-89-90(60-48-80)98(106(114)122-68-36-28-20-12-4)76-97(89)105(113)121-67-35-27-19-11-3/h45-52,57-64,73-78H,9-40,65-72H2,1-8H3. The van der Waals surface area contributed by atoms with E-state index in [1.807, 2.05) is 0 Å². The second-order valence-corrected chi connectivity index (χ2v) is 32.2. The van der Waals surface area contributed by atoms with Crippen molar-refractivity contribution >= 4 is 47.8 Å². The quantitative estimate of drug-likeness (QED) is 0.0150. The van der Waals surface area contributed by atoms with Crippen LogP contribution < -0.4 is 0 Å². The number of unbranched alkanes of at least 4 members (excludes halogenated alkanes) is 24. The highest BCUT2D eigenvalue weighted by Gasteiger charge is 2.31. The van der Waals surface area contributed by atoms with Gasteiger partial charge in [-0.05, 0) is 181 Å². The number of hydrogen-bond donors (Lipinski definition) is 0. The third-order valence-electron chi connectivity index (χ3n) is 22.2. The lowest BCUT2D eigenvalue weighted by Gasteiger charge is -2.05. The summed E-state index contributed by atoms with van der Waals surface area (Å²) in [7, 11) is 0. The first-order chi connectivity index (χ1) is 61.6. The Labute approximate surface area is 747 Å². The fourth-order valence-electron chi connectivity index (χ4n) is 14.8. The molecule has 0 heterocycles. The van der Waals surface area contributed by atoms with Gasteiger partial charge in [-0.25, -0.2) is 38.4 Å². The summed E-state index contributed by atoms with van der Waals surface area (Å²) >= 11 is 0. The molecule has 0 radical (unpaired) electrons. The van der Waals surface area contributed by atoms with Gasteiger partial charge in [0.25, 0.3) is 0 Å². The van der Waals surface area contributed by atoms with Gasteiger partial charge in [0.15, 0.2) is 0 Å². The van der Waals surface area contributed by atoms with E-state index in [2.05, 4.69) is 103 Å². The minimum atomic E-state index is -0.560. The van der Waals surface area contributed by atoms with Gasteiger partial charge in [-0.3, -0.25) is 0 Å². The molecule has 0 saturated heterocycles. The largest absolute Gasteiger partial charge is 0.462 e. The van der Waals surface area contributed by atoms with E-state index in [4.69, 9.17) is 37.9 Å². The van der Waals surface area contributed by atoms with Gasteiger partial charge in [0.2, 0.25) is 0 Å². The lowest BCUT2D eigenvalue weighted by molar-refractivity contribution is 0.0482. The number of hydrogen-bond acceptors (Lipinski definition) is 16. The summed E-state index contributed by atoms with van der Waals surface area (Å²) in [6.45, 7) is 18.7. The maximum Gasteiger partial charge on any atom is 0.338 e. The van der Waals surface area contributed by atoms with Gasteiger partial charge in [0, 0.05) is 44.5 Å². The van der Waals surface area contributed by atoms with Crippen LogP contribution in [0.3, 0.4) is 0 Å². The Balaban J connectivity index is 1.27. The first kappa shape index (κ1) is 97.8. The van der Waals surface area contributed by atoms with Crippen LogP contribution in [0.15, 0.2) is 133 Å². The summed E-state index contributed by atoms with van der Waals surface area (Å²) in [6.07, 6.45) is 28.9. The molecule has 0 spiro atoms. The van der Waals surface area contributed by atoms with E-state index in [1.54, 1.807) is 133 Å². The molecular weight excluding hydrogens is 1580 g/mol. The Morgan fingerprint density at radius 1 is 0.175 bits per heavy atom. The maximum atomic E-state index is 14.1. The Hall–Kier alpha value is -12.0. The average molecular weight is 1700 g/mol. The summed E-state index contributed by atoms with van der Waals surface area (Å²) in [5.41, 5.74) is 9.23. The molecule has 1 aromatic carbocycles. The molecule has 662 valence electrons. The predicted molar refractivity (Wildman–Crippen MR) is 498 cm³/mol. The van der Waals surface area contributed by atoms with Crippen LogP contribution in [0.5, 0.6) is 0 Å². The topological polar surface area (TPSA) is 210 Å². The van der Waals surface area contributed by atoms with Crippen molar-refractivity contribution in [1.82, 2.24) is 0 Å². The Morgan fingerprint density at radius 2 is 0.310 bits per heavy atom. The van der Waals surface area contributed by atoms with Crippen LogP contribution in [0.2, 0.25) is 0 Å². The molecule has 0 amide bonds. The first-order valence-corrected chi connectivity index (χ1v) is 46.5. The summed E-state index contributed by atoms with van der Waals surface area (Å²) in [5, 5.41) is 0. The van der Waals surface area contributed by atoms with Crippen LogP contribution >= 0.6 is 0 Å². The van der Waals surface area contributed by atoms with E-state index < -0.39 is 47.8 Å². The third kappa shape index (κ3) is 29.6. The van der Waals surface area contributed by atoms with Crippen molar-refractivity contribution in [3.8, 4) is 91.9 Å². The zero-order valence-electron chi connectivity index (χ0n) is 75.5. The fraction of sp³-hybridized carbons (Fsp3) is 0.436. The molecule has 126 heavy (non-hydrogen) atoms. The summed E-state index contributed by atoms with van der Waals surface area (Å²) in [6, 6.07) is 38.2. The van der Waals surface area contributed by atoms with Gasteiger partial charge in [-0.15, -0.1) is 0 Å². The predicted octanol–water partition coefficient (Wildman–Crippen LogP) is 25.6. The SMILES string of the molecule is CCCCCCOC(=O)c1cc(C(=O)OCCCCCC)c2ccc(C#Cc3cc(C#Cc4ccc5c(C(=O)OCCCCCC)cc(C(=O)OCCCCCC)c-5cc4)c(C#Cc4ccc5c(C(=O)OCCCCCC)cc(C(=O)OCCCCCC)c-5cc4)cc3C#Cc3ccc4c(C(=O)OCCCCCC)cc(C(=O)OCCCCCC)c-4cc3)ccc1-2. The minimum Gasteiger partial charge on any atom is -0.462 e. The van der Waals surface area contributed by atoms with Gasteiger partial charge in [-0.2, -0.15) is 0 Å². The van der Waals surface area contributed by atoms with Gasteiger partial charge < -0.3 is 37.9 Å². The molecular formula is C110H126O16. The van der Waals surface area contributed by atoms with Crippen LogP contribution in [0, 0.1) is 47.4 Å². The zero-order chi connectivity index (χ0) is 89.6. The van der Waals surface area contributed by atoms with Crippen molar-refractivity contribution in [3.05, 3.63) is 222 Å². The van der Waals surface area contributed by atoms with Gasteiger partial charge in [-0.1, -0.05) is 305 Å². The number of carbonyl (C=O) groups is 8. The zero-order valence-corrected chi connectivity index (χ0v) is 75.5. The smallest absolute Gasteiger partial charge is 0.338 e. The molecule has 0 fully saturated rings. The second kappa shape index (κ2) is 54.0. The van der Waals surface area contributed by atoms with Crippen LogP contribution in [0.4, 0.5) is 0 Å². The molecule has 8 aliphatic carbocycles. The van der Waals surface area contributed by atoms with Gasteiger partial charge in [0.05, 0.1) is 97.4 Å². The van der Waals surface area contributed by atoms with E-state index in [1.165, 1.54) is 0 Å². The third-order valence-corrected chi connectivity index (χ3v) is 22.2. The lowest BCUT2D eigenvalue weighted by atomic mass is 9.97. The number of fused-ring (bicyclic) bond motifs is 4. The maximum absolute atomic E-state index is 14.1. The van der Waals surface area contributed by atoms with Crippen LogP contribution in [-0.2, 0) is 37.9 Å². The summed E-state index contributed by atoms with van der Waals surface area (Å²) < 4.78 is 46.8. The normalized spacial score (nSPS) is 10.9. The van der Waals surface area contributed by atoms with Crippen molar-refractivity contribution in [3.63, 3.8) is 0 Å². The van der Waals surface area contributed by atoms with Crippen molar-refractivity contribution in [2.24, 2.45) is 0 Å². The Morgan fingerprint density at radius 3 is 0.437 bits per heavy atom. The second-order valence-electron chi connectivity index (χ2n) is 32.2. The highest BCUT2D eigenvalue weighted by molar-refractivity contribution is 6.11. The Bertz CT molecular complexity index is 4370. The van der Waals surface area contributed by atoms with Crippen molar-refractivity contribution in [2.45, 2.75) is 261 Å². The first-order valence-electron chi connectivity index (χ1n) is 46.5. The van der Waals surface area contributed by atoms with Crippen LogP contribution in [-0.4, -0.2) is 101 Å². The highest BCUT2D eigenvalue weighted by Crippen LogP contribution is 2.39. The molecule has 0 aliphatic heterocycles. The van der Waals surface area contributed by atoms with Crippen molar-refractivity contribution in [1.29, 1.82) is 0 Å². The number of carbonyl (C=O) groups excluding carboxylic acids is 8. The molecule has 0 aromatic heterocycles. The number of esters is 8. The van der Waals surface area contributed by atoms with E-state index in [9.17, 15) is 38.4 Å². The number of benzene rings is 1. The van der Waals surface area contributed by atoms with Crippen molar-refractivity contribution in [2.75, 3.05) is 52.9 Å². The molecule has 9 rings (SSSR count). The molecule has 0 bridgehead atoms. The van der Waals surface area contributed by atoms with Crippen LogP contribution in [0.1, 0.15) is 388 Å². The summed E-state index contributed by atoms with van der Waals surface area (Å²) in [4.78, 5) is 113. The van der Waals surface area contributed by atoms with E-state index in [0.29, 0.717) is 140 Å². The van der Waals surface area contributed by atoms with Gasteiger partial charge in [0.1, 0.15) is 0 Å².